The maximum Gasteiger partial charge on any atom is 0.255 e. The summed E-state index contributed by atoms with van der Waals surface area (Å²) in [7, 11) is 0. The van der Waals surface area contributed by atoms with E-state index in [1.807, 2.05) is 28.8 Å². The average Bonchev–Trinajstić information content (AvgIpc) is 3.65. The first kappa shape index (κ1) is 26.4. The molecule has 4 rings (SSSR count). The molecule has 1 aromatic heterocycles. The van der Waals surface area contributed by atoms with Gasteiger partial charge < -0.3 is 9.88 Å². The van der Waals surface area contributed by atoms with Gasteiger partial charge in [0.15, 0.2) is 11.4 Å². The van der Waals surface area contributed by atoms with E-state index in [9.17, 15) is 14.4 Å². The molecule has 1 unspecified atom stereocenters. The fourth-order valence-corrected chi connectivity index (χ4v) is 5.68. The van der Waals surface area contributed by atoms with Crippen LogP contribution in [-0.2, 0) is 22.6 Å². The number of hydrogen-bond donors (Lipinski definition) is 3. The summed E-state index contributed by atoms with van der Waals surface area (Å²) in [5.74, 6) is 0.361. The van der Waals surface area contributed by atoms with Crippen molar-refractivity contribution in [3.8, 4) is 0 Å². The zero-order chi connectivity index (χ0) is 25.5. The number of carbonyl (C=O) groups excluding carboxylic acids is 3. The molecular weight excluding hydrogens is 478 g/mol. The summed E-state index contributed by atoms with van der Waals surface area (Å²) in [5.41, 5.74) is 7.64. The van der Waals surface area contributed by atoms with Crippen LogP contribution < -0.4 is 16.2 Å². The zero-order valence-corrected chi connectivity index (χ0v) is 21.7. The predicted molar refractivity (Wildman–Crippen MR) is 139 cm³/mol. The minimum absolute atomic E-state index is 0.174. The van der Waals surface area contributed by atoms with Crippen LogP contribution in [0.15, 0.2) is 24.3 Å². The molecule has 0 radical (unpaired) electrons. The van der Waals surface area contributed by atoms with E-state index < -0.39 is 0 Å². The number of hydrazine groups is 1. The van der Waals surface area contributed by atoms with E-state index in [-0.39, 0.29) is 34.8 Å². The maximum atomic E-state index is 13.2. The van der Waals surface area contributed by atoms with Crippen LogP contribution in [0.1, 0.15) is 91.6 Å². The standard InChI is InChI=1S/C27H36ClN5O3/c1-2-3-10-23-30-25(28)22(17-34)33(23)16-18-11-13-20(14-12-18)24(19-7-4-5-8-19)27(36)32-31-26(35)21-9-6-15-29-21/h11-14,17,19,21,24,29H,2-10,15-16H2,1H3,(H,31,35)(H,32,36)/t21-,24?/m0/s1. The summed E-state index contributed by atoms with van der Waals surface area (Å²) in [6.07, 6.45) is 9.47. The quantitative estimate of drug-likeness (QED) is 0.330. The lowest BCUT2D eigenvalue weighted by atomic mass is 9.84. The number of aryl methyl sites for hydroxylation is 1. The minimum Gasteiger partial charge on any atom is -0.320 e. The highest BCUT2D eigenvalue weighted by Crippen LogP contribution is 2.37. The van der Waals surface area contributed by atoms with Crippen molar-refractivity contribution in [1.82, 2.24) is 25.7 Å². The van der Waals surface area contributed by atoms with Crippen LogP contribution in [0.2, 0.25) is 5.15 Å². The molecular formula is C27H36ClN5O3. The molecule has 0 bridgehead atoms. The van der Waals surface area contributed by atoms with E-state index in [1.54, 1.807) is 0 Å². The number of halogens is 1. The number of amides is 2. The van der Waals surface area contributed by atoms with Gasteiger partial charge in [0.2, 0.25) is 5.91 Å². The van der Waals surface area contributed by atoms with Crippen LogP contribution in [-0.4, -0.2) is 40.2 Å². The molecule has 1 saturated carbocycles. The first-order chi connectivity index (χ1) is 17.5. The Morgan fingerprint density at radius 2 is 1.92 bits per heavy atom. The molecule has 1 aliphatic heterocycles. The molecule has 3 N–H and O–H groups in total. The molecule has 8 nitrogen and oxygen atoms in total. The van der Waals surface area contributed by atoms with E-state index in [2.05, 4.69) is 28.1 Å². The molecule has 1 aromatic carbocycles. The Hall–Kier alpha value is -2.71. The number of nitrogens with one attached hydrogen (secondary N) is 3. The highest BCUT2D eigenvalue weighted by atomic mass is 35.5. The fraction of sp³-hybridized carbons (Fsp3) is 0.556. The number of hydrogen-bond acceptors (Lipinski definition) is 5. The number of imidazole rings is 1. The molecule has 194 valence electrons. The molecule has 2 amide bonds. The van der Waals surface area contributed by atoms with Crippen molar-refractivity contribution in [1.29, 1.82) is 0 Å². The van der Waals surface area contributed by atoms with Gasteiger partial charge in [-0.15, -0.1) is 0 Å². The lowest BCUT2D eigenvalue weighted by molar-refractivity contribution is -0.131. The van der Waals surface area contributed by atoms with Crippen molar-refractivity contribution in [3.05, 3.63) is 52.1 Å². The number of nitrogens with zero attached hydrogens (tertiary/aromatic N) is 2. The van der Waals surface area contributed by atoms with Crippen LogP contribution in [0, 0.1) is 5.92 Å². The van der Waals surface area contributed by atoms with Crippen molar-refractivity contribution in [2.24, 2.45) is 5.92 Å². The number of aldehydes is 1. The Kier molecular flexibility index (Phi) is 9.15. The molecule has 2 fully saturated rings. The van der Waals surface area contributed by atoms with E-state index in [0.29, 0.717) is 12.2 Å². The highest BCUT2D eigenvalue weighted by Gasteiger charge is 2.33. The van der Waals surface area contributed by atoms with E-state index in [4.69, 9.17) is 11.6 Å². The Morgan fingerprint density at radius 3 is 2.56 bits per heavy atom. The summed E-state index contributed by atoms with van der Waals surface area (Å²) >= 11 is 6.22. The van der Waals surface area contributed by atoms with E-state index in [1.165, 1.54) is 0 Å². The van der Waals surface area contributed by atoms with Crippen molar-refractivity contribution in [2.45, 2.75) is 83.2 Å². The smallest absolute Gasteiger partial charge is 0.255 e. The first-order valence-electron chi connectivity index (χ1n) is 13.1. The predicted octanol–water partition coefficient (Wildman–Crippen LogP) is 3.91. The summed E-state index contributed by atoms with van der Waals surface area (Å²) in [5, 5.41) is 3.38. The zero-order valence-electron chi connectivity index (χ0n) is 20.9. The van der Waals surface area contributed by atoms with E-state index >= 15 is 0 Å². The van der Waals surface area contributed by atoms with Gasteiger partial charge >= 0.3 is 0 Å². The number of benzene rings is 1. The van der Waals surface area contributed by atoms with Gasteiger partial charge in [-0.1, -0.05) is 62.1 Å². The Labute approximate surface area is 217 Å². The summed E-state index contributed by atoms with van der Waals surface area (Å²) in [4.78, 5) is 41.7. The van der Waals surface area contributed by atoms with Gasteiger partial charge in [-0.2, -0.15) is 0 Å². The molecule has 2 aliphatic rings. The summed E-state index contributed by atoms with van der Waals surface area (Å²) in [6.45, 7) is 3.42. The summed E-state index contributed by atoms with van der Waals surface area (Å²) in [6, 6.07) is 7.73. The second-order valence-corrected chi connectivity index (χ2v) is 10.3. The number of rotatable bonds is 10. The average molecular weight is 514 g/mol. The molecule has 0 spiro atoms. The largest absolute Gasteiger partial charge is 0.320 e. The molecule has 2 atom stereocenters. The van der Waals surface area contributed by atoms with Crippen molar-refractivity contribution < 1.29 is 14.4 Å². The van der Waals surface area contributed by atoms with Crippen molar-refractivity contribution >= 4 is 29.7 Å². The molecule has 2 aromatic rings. The van der Waals surface area contributed by atoms with Crippen LogP contribution in [0.3, 0.4) is 0 Å². The van der Waals surface area contributed by atoms with Crippen molar-refractivity contribution in [3.63, 3.8) is 0 Å². The Balaban J connectivity index is 1.48. The molecule has 9 heteroatoms. The monoisotopic (exact) mass is 513 g/mol. The van der Waals surface area contributed by atoms with Gasteiger partial charge in [-0.25, -0.2) is 4.98 Å². The fourth-order valence-electron chi connectivity index (χ4n) is 5.43. The Morgan fingerprint density at radius 1 is 1.17 bits per heavy atom. The second kappa shape index (κ2) is 12.5. The Bertz CT molecular complexity index is 1060. The van der Waals surface area contributed by atoms with Gasteiger partial charge in [0, 0.05) is 13.0 Å². The van der Waals surface area contributed by atoms with Crippen LogP contribution in [0.25, 0.3) is 0 Å². The third kappa shape index (κ3) is 6.16. The van der Waals surface area contributed by atoms with Crippen molar-refractivity contribution in [2.75, 3.05) is 6.54 Å². The molecule has 36 heavy (non-hydrogen) atoms. The molecule has 1 saturated heterocycles. The topological polar surface area (TPSA) is 105 Å². The number of carbonyl (C=O) groups is 3. The lowest BCUT2D eigenvalue weighted by Gasteiger charge is -2.24. The van der Waals surface area contributed by atoms with E-state index in [0.717, 1.165) is 87.6 Å². The van der Waals surface area contributed by atoms with Gasteiger partial charge in [-0.05, 0) is 55.7 Å². The minimum atomic E-state index is -0.327. The van der Waals surface area contributed by atoms with Gasteiger partial charge in [0.05, 0.1) is 12.0 Å². The lowest BCUT2D eigenvalue weighted by Crippen LogP contribution is -2.50. The van der Waals surface area contributed by atoms with Crippen LogP contribution in [0.5, 0.6) is 0 Å². The third-order valence-electron chi connectivity index (χ3n) is 7.43. The highest BCUT2D eigenvalue weighted by molar-refractivity contribution is 6.31. The van der Waals surface area contributed by atoms with Crippen LogP contribution in [0.4, 0.5) is 0 Å². The summed E-state index contributed by atoms with van der Waals surface area (Å²) < 4.78 is 1.88. The maximum absolute atomic E-state index is 13.2. The molecule has 1 aliphatic carbocycles. The number of unbranched alkanes of at least 4 members (excludes halogenated alkanes) is 1. The number of aromatic nitrogens is 2. The van der Waals surface area contributed by atoms with Crippen LogP contribution >= 0.6 is 11.6 Å². The third-order valence-corrected chi connectivity index (χ3v) is 7.70. The second-order valence-electron chi connectivity index (χ2n) is 9.90. The van der Waals surface area contributed by atoms with Gasteiger partial charge in [0.1, 0.15) is 11.5 Å². The first-order valence-corrected chi connectivity index (χ1v) is 13.5. The van der Waals surface area contributed by atoms with Gasteiger partial charge in [-0.3, -0.25) is 25.2 Å². The molecule has 2 heterocycles. The van der Waals surface area contributed by atoms with Gasteiger partial charge in [0.25, 0.3) is 5.91 Å². The SMILES string of the molecule is CCCCc1nc(Cl)c(C=O)n1Cc1ccc(C(C(=O)NNC(=O)[C@@H]2CCCN2)C2CCCC2)cc1. The normalized spacial score (nSPS) is 18.8.